The van der Waals surface area contributed by atoms with Crippen LogP contribution in [-0.2, 0) is 9.59 Å². The normalized spacial score (nSPS) is 15.8. The molecular formula is C17H18O3. The van der Waals surface area contributed by atoms with E-state index >= 15 is 0 Å². The standard InChI is InChI=1S/C17H18O3/c1-17(2,3)14-9-12(10-15(18)16(14)19)11-5-7-13(20-4)8-6-11/h5-10H,1-4H3. The summed E-state index contributed by atoms with van der Waals surface area (Å²) in [7, 11) is 1.61. The highest BCUT2D eigenvalue weighted by Gasteiger charge is 2.30. The molecule has 0 spiro atoms. The number of hydrogen-bond acceptors (Lipinski definition) is 3. The monoisotopic (exact) mass is 270 g/mol. The fraction of sp³-hybridized carbons (Fsp3) is 0.294. The van der Waals surface area contributed by atoms with Gasteiger partial charge in [0.2, 0.25) is 11.6 Å². The number of carbonyl (C=O) groups is 2. The fourth-order valence-corrected chi connectivity index (χ4v) is 2.11. The van der Waals surface area contributed by atoms with Crippen molar-refractivity contribution in [2.75, 3.05) is 7.11 Å². The maximum absolute atomic E-state index is 12.0. The molecule has 104 valence electrons. The summed E-state index contributed by atoms with van der Waals surface area (Å²) in [6.45, 7) is 5.79. The van der Waals surface area contributed by atoms with E-state index in [9.17, 15) is 9.59 Å². The van der Waals surface area contributed by atoms with E-state index in [-0.39, 0.29) is 5.41 Å². The van der Waals surface area contributed by atoms with Crippen molar-refractivity contribution >= 4 is 17.1 Å². The lowest BCUT2D eigenvalue weighted by Gasteiger charge is -2.24. The molecule has 0 saturated heterocycles. The zero-order valence-electron chi connectivity index (χ0n) is 12.2. The molecule has 0 heterocycles. The van der Waals surface area contributed by atoms with Gasteiger partial charge in [0.15, 0.2) is 0 Å². The molecule has 1 aromatic rings. The molecule has 2 rings (SSSR count). The molecule has 0 aliphatic heterocycles. The number of Topliss-reactive ketones (excluding diaryl/α,β-unsaturated/α-hetero) is 1. The Hall–Kier alpha value is -2.16. The van der Waals surface area contributed by atoms with E-state index in [1.807, 2.05) is 51.1 Å². The Labute approximate surface area is 118 Å². The van der Waals surface area contributed by atoms with Gasteiger partial charge < -0.3 is 4.74 Å². The van der Waals surface area contributed by atoms with Crippen molar-refractivity contribution in [3.8, 4) is 5.75 Å². The highest BCUT2D eigenvalue weighted by molar-refractivity contribution is 6.50. The average molecular weight is 270 g/mol. The van der Waals surface area contributed by atoms with Crippen LogP contribution in [0.4, 0.5) is 0 Å². The Morgan fingerprint density at radius 1 is 0.950 bits per heavy atom. The van der Waals surface area contributed by atoms with Crippen LogP contribution in [0.15, 0.2) is 42.0 Å². The van der Waals surface area contributed by atoms with Crippen LogP contribution in [0.3, 0.4) is 0 Å². The van der Waals surface area contributed by atoms with Gasteiger partial charge in [-0.2, -0.15) is 0 Å². The third-order valence-electron chi connectivity index (χ3n) is 3.29. The summed E-state index contributed by atoms with van der Waals surface area (Å²) >= 11 is 0. The second-order valence-corrected chi connectivity index (χ2v) is 5.83. The average Bonchev–Trinajstić information content (AvgIpc) is 2.40. The summed E-state index contributed by atoms with van der Waals surface area (Å²) in [5.74, 6) is -0.106. The molecule has 0 saturated carbocycles. The first kappa shape index (κ1) is 14.3. The molecule has 0 atom stereocenters. The summed E-state index contributed by atoms with van der Waals surface area (Å²) in [6.07, 6.45) is 3.21. The highest BCUT2D eigenvalue weighted by Crippen LogP contribution is 2.33. The second kappa shape index (κ2) is 5.08. The molecule has 0 fully saturated rings. The lowest BCUT2D eigenvalue weighted by molar-refractivity contribution is -0.132. The SMILES string of the molecule is COc1ccc(C2=CC(=O)C(=O)C(C(C)(C)C)=C2)cc1. The summed E-state index contributed by atoms with van der Waals surface area (Å²) < 4.78 is 5.11. The first-order valence-corrected chi connectivity index (χ1v) is 6.50. The van der Waals surface area contributed by atoms with Crippen LogP contribution >= 0.6 is 0 Å². The number of ether oxygens (including phenoxy) is 1. The van der Waals surface area contributed by atoms with Crippen LogP contribution in [0.25, 0.3) is 5.57 Å². The topological polar surface area (TPSA) is 43.4 Å². The molecule has 3 heteroatoms. The Morgan fingerprint density at radius 2 is 1.55 bits per heavy atom. The predicted molar refractivity (Wildman–Crippen MR) is 78.5 cm³/mol. The van der Waals surface area contributed by atoms with Crippen LogP contribution in [0.1, 0.15) is 26.3 Å². The Bertz CT molecular complexity index is 611. The molecule has 1 aliphatic carbocycles. The minimum absolute atomic E-state index is 0.348. The smallest absolute Gasteiger partial charge is 0.229 e. The van der Waals surface area contributed by atoms with Crippen molar-refractivity contribution in [3.63, 3.8) is 0 Å². The number of hydrogen-bond donors (Lipinski definition) is 0. The summed E-state index contributed by atoms with van der Waals surface area (Å²) in [4.78, 5) is 23.8. The molecule has 1 aliphatic rings. The van der Waals surface area contributed by atoms with E-state index in [2.05, 4.69) is 0 Å². The predicted octanol–water partition coefficient (Wildman–Crippen LogP) is 3.20. The summed E-state index contributed by atoms with van der Waals surface area (Å²) in [6, 6.07) is 7.43. The van der Waals surface area contributed by atoms with Crippen LogP contribution in [0.5, 0.6) is 5.75 Å². The largest absolute Gasteiger partial charge is 0.497 e. The maximum atomic E-state index is 12.0. The Morgan fingerprint density at radius 3 is 2.05 bits per heavy atom. The molecule has 0 amide bonds. The van der Waals surface area contributed by atoms with Gasteiger partial charge in [-0.25, -0.2) is 0 Å². The van der Waals surface area contributed by atoms with E-state index in [4.69, 9.17) is 4.74 Å². The van der Waals surface area contributed by atoms with Crippen LogP contribution in [0, 0.1) is 5.41 Å². The van der Waals surface area contributed by atoms with Crippen LogP contribution < -0.4 is 4.74 Å². The van der Waals surface area contributed by atoms with Gasteiger partial charge in [0.25, 0.3) is 0 Å². The van der Waals surface area contributed by atoms with E-state index in [1.165, 1.54) is 6.08 Å². The first-order chi connectivity index (χ1) is 9.32. The molecule has 1 aromatic carbocycles. The molecule has 0 bridgehead atoms. The van der Waals surface area contributed by atoms with Gasteiger partial charge in [0.1, 0.15) is 5.75 Å². The van der Waals surface area contributed by atoms with Gasteiger partial charge in [-0.15, -0.1) is 0 Å². The Kier molecular flexibility index (Phi) is 3.62. The van der Waals surface area contributed by atoms with Gasteiger partial charge in [0.05, 0.1) is 7.11 Å². The van der Waals surface area contributed by atoms with Crippen molar-refractivity contribution in [1.29, 1.82) is 0 Å². The molecule has 0 aromatic heterocycles. The number of benzene rings is 1. The third-order valence-corrected chi connectivity index (χ3v) is 3.29. The minimum atomic E-state index is -0.455. The lowest BCUT2D eigenvalue weighted by Crippen LogP contribution is -2.26. The zero-order chi connectivity index (χ0) is 14.9. The van der Waals surface area contributed by atoms with E-state index in [1.54, 1.807) is 7.11 Å². The number of carbonyl (C=O) groups excluding carboxylic acids is 2. The van der Waals surface area contributed by atoms with Crippen molar-refractivity contribution < 1.29 is 14.3 Å². The lowest BCUT2D eigenvalue weighted by atomic mass is 9.78. The van der Waals surface area contributed by atoms with Gasteiger partial charge in [-0.1, -0.05) is 32.9 Å². The fourth-order valence-electron chi connectivity index (χ4n) is 2.11. The van der Waals surface area contributed by atoms with Crippen LogP contribution in [0.2, 0.25) is 0 Å². The molecule has 0 N–H and O–H groups in total. The molecular weight excluding hydrogens is 252 g/mol. The van der Waals surface area contributed by atoms with Gasteiger partial charge in [-0.05, 0) is 40.8 Å². The highest BCUT2D eigenvalue weighted by atomic mass is 16.5. The third kappa shape index (κ3) is 2.72. The van der Waals surface area contributed by atoms with Crippen molar-refractivity contribution in [2.45, 2.75) is 20.8 Å². The zero-order valence-corrected chi connectivity index (χ0v) is 12.2. The van der Waals surface area contributed by atoms with E-state index in [0.717, 1.165) is 16.9 Å². The van der Waals surface area contributed by atoms with Gasteiger partial charge in [-0.3, -0.25) is 9.59 Å². The number of ketones is 2. The molecule has 0 radical (unpaired) electrons. The second-order valence-electron chi connectivity index (χ2n) is 5.83. The Balaban J connectivity index is 2.45. The summed E-state index contributed by atoms with van der Waals surface area (Å²) in [5, 5.41) is 0. The number of rotatable bonds is 2. The molecule has 20 heavy (non-hydrogen) atoms. The van der Waals surface area contributed by atoms with E-state index in [0.29, 0.717) is 5.57 Å². The quantitative estimate of drug-likeness (QED) is 0.612. The number of allylic oxidation sites excluding steroid dienone is 4. The minimum Gasteiger partial charge on any atom is -0.497 e. The molecule has 0 unspecified atom stereocenters. The van der Waals surface area contributed by atoms with Crippen LogP contribution in [-0.4, -0.2) is 18.7 Å². The van der Waals surface area contributed by atoms with Crippen molar-refractivity contribution in [3.05, 3.63) is 47.6 Å². The van der Waals surface area contributed by atoms with Gasteiger partial charge in [0, 0.05) is 5.57 Å². The number of methoxy groups -OCH3 is 1. The van der Waals surface area contributed by atoms with E-state index < -0.39 is 11.6 Å². The maximum Gasteiger partial charge on any atom is 0.229 e. The van der Waals surface area contributed by atoms with Crippen molar-refractivity contribution in [1.82, 2.24) is 0 Å². The summed E-state index contributed by atoms with van der Waals surface area (Å²) in [5.41, 5.74) is 1.87. The molecule has 3 nitrogen and oxygen atoms in total. The first-order valence-electron chi connectivity index (χ1n) is 6.50. The van der Waals surface area contributed by atoms with Crippen molar-refractivity contribution in [2.24, 2.45) is 5.41 Å². The van der Waals surface area contributed by atoms with Gasteiger partial charge >= 0.3 is 0 Å².